The summed E-state index contributed by atoms with van der Waals surface area (Å²) in [5.74, 6) is -1.17. The normalized spacial score (nSPS) is 11.1. The maximum Gasteiger partial charge on any atom is 0.337 e. The van der Waals surface area contributed by atoms with Crippen molar-refractivity contribution in [2.45, 2.75) is 0 Å². The predicted octanol–water partition coefficient (Wildman–Crippen LogP) is 0.423. The number of benzene rings is 1. The molecule has 4 N–H and O–H groups in total. The van der Waals surface area contributed by atoms with Gasteiger partial charge in [0.1, 0.15) is 9.84 Å². The summed E-state index contributed by atoms with van der Waals surface area (Å²) in [6.07, 6.45) is 1.12. The van der Waals surface area contributed by atoms with Crippen LogP contribution in [0.5, 0.6) is 0 Å². The van der Waals surface area contributed by atoms with Crippen LogP contribution >= 0.6 is 0 Å². The second kappa shape index (κ2) is 5.05. The molecule has 0 heterocycles. The fourth-order valence-corrected chi connectivity index (χ4v) is 1.74. The largest absolute Gasteiger partial charge is 0.478 e. The highest BCUT2D eigenvalue weighted by Crippen LogP contribution is 2.18. The third kappa shape index (κ3) is 4.31. The van der Waals surface area contributed by atoms with Gasteiger partial charge in [-0.25, -0.2) is 13.2 Å². The molecule has 0 saturated carbocycles. The minimum Gasteiger partial charge on any atom is -0.478 e. The molecule has 0 aromatic heterocycles. The molecule has 0 amide bonds. The van der Waals surface area contributed by atoms with E-state index in [0.29, 0.717) is 11.4 Å². The van der Waals surface area contributed by atoms with Crippen LogP contribution in [0.2, 0.25) is 0 Å². The molecule has 1 rings (SSSR count). The lowest BCUT2D eigenvalue weighted by atomic mass is 10.1. The van der Waals surface area contributed by atoms with Crippen LogP contribution in [-0.2, 0) is 9.84 Å². The van der Waals surface area contributed by atoms with Crippen LogP contribution in [0.25, 0.3) is 0 Å². The zero-order valence-electron chi connectivity index (χ0n) is 9.30. The van der Waals surface area contributed by atoms with E-state index in [9.17, 15) is 13.2 Å². The summed E-state index contributed by atoms with van der Waals surface area (Å²) in [6.45, 7) is 0.156. The molecule has 0 spiro atoms. The number of carboxylic acids is 1. The monoisotopic (exact) mass is 258 g/mol. The van der Waals surface area contributed by atoms with Crippen molar-refractivity contribution in [1.82, 2.24) is 0 Å². The van der Waals surface area contributed by atoms with Crippen LogP contribution in [0.15, 0.2) is 18.2 Å². The molecule has 94 valence electrons. The van der Waals surface area contributed by atoms with E-state index >= 15 is 0 Å². The summed E-state index contributed by atoms with van der Waals surface area (Å²) < 4.78 is 21.8. The molecule has 0 saturated heterocycles. The summed E-state index contributed by atoms with van der Waals surface area (Å²) >= 11 is 0. The fraction of sp³-hybridized carbons (Fsp3) is 0.300. The second-order valence-corrected chi connectivity index (χ2v) is 5.93. The fourth-order valence-electron chi connectivity index (χ4n) is 1.26. The van der Waals surface area contributed by atoms with E-state index in [1.165, 1.54) is 12.1 Å². The van der Waals surface area contributed by atoms with Gasteiger partial charge in [-0.2, -0.15) is 0 Å². The van der Waals surface area contributed by atoms with Gasteiger partial charge in [-0.1, -0.05) is 0 Å². The van der Waals surface area contributed by atoms with Gasteiger partial charge in [0.05, 0.1) is 11.3 Å². The van der Waals surface area contributed by atoms with Crippen molar-refractivity contribution in [3.05, 3.63) is 23.8 Å². The molecule has 6 nitrogen and oxygen atoms in total. The Balaban J connectivity index is 2.81. The van der Waals surface area contributed by atoms with Gasteiger partial charge in [0, 0.05) is 24.2 Å². The average Bonchev–Trinajstić information content (AvgIpc) is 2.18. The standard InChI is InChI=1S/C10H14N2O4S/c1-17(15,16)5-4-12-9-3-2-7(11)6-8(9)10(13)14/h2-3,6,12H,4-5,11H2,1H3,(H,13,14). The van der Waals surface area contributed by atoms with Gasteiger partial charge in [0.25, 0.3) is 0 Å². The Hall–Kier alpha value is -1.76. The van der Waals surface area contributed by atoms with Crippen LogP contribution in [0.1, 0.15) is 10.4 Å². The minimum absolute atomic E-state index is 0.0264. The topological polar surface area (TPSA) is 109 Å². The predicted molar refractivity (Wildman–Crippen MR) is 66.0 cm³/mol. The van der Waals surface area contributed by atoms with Crippen molar-refractivity contribution in [2.24, 2.45) is 0 Å². The molecule has 0 bridgehead atoms. The Kier molecular flexibility index (Phi) is 3.95. The van der Waals surface area contributed by atoms with E-state index in [4.69, 9.17) is 10.8 Å². The highest BCUT2D eigenvalue weighted by Gasteiger charge is 2.10. The summed E-state index contributed by atoms with van der Waals surface area (Å²) in [7, 11) is -3.07. The van der Waals surface area contributed by atoms with Gasteiger partial charge >= 0.3 is 5.97 Å². The van der Waals surface area contributed by atoms with E-state index in [-0.39, 0.29) is 17.9 Å². The first-order chi connectivity index (χ1) is 7.79. The number of hydrogen-bond donors (Lipinski definition) is 3. The van der Waals surface area contributed by atoms with Crippen LogP contribution in [-0.4, -0.2) is 38.0 Å². The Morgan fingerprint density at radius 1 is 1.47 bits per heavy atom. The number of anilines is 2. The molecule has 1 aromatic carbocycles. The first-order valence-corrected chi connectivity index (χ1v) is 6.90. The van der Waals surface area contributed by atoms with Crippen molar-refractivity contribution >= 4 is 27.2 Å². The van der Waals surface area contributed by atoms with Gasteiger partial charge in [-0.3, -0.25) is 0 Å². The second-order valence-electron chi connectivity index (χ2n) is 3.67. The van der Waals surface area contributed by atoms with Crippen LogP contribution in [0, 0.1) is 0 Å². The Bertz CT molecular complexity index is 525. The van der Waals surface area contributed by atoms with Gasteiger partial charge < -0.3 is 16.2 Å². The highest BCUT2D eigenvalue weighted by atomic mass is 32.2. The van der Waals surface area contributed by atoms with Crippen molar-refractivity contribution in [3.63, 3.8) is 0 Å². The molecule has 17 heavy (non-hydrogen) atoms. The third-order valence-corrected chi connectivity index (χ3v) is 3.01. The number of nitrogens with one attached hydrogen (secondary N) is 1. The van der Waals surface area contributed by atoms with Crippen LogP contribution in [0.3, 0.4) is 0 Å². The summed E-state index contributed by atoms with van der Waals surface area (Å²) in [5.41, 5.74) is 6.20. The summed E-state index contributed by atoms with van der Waals surface area (Å²) in [4.78, 5) is 10.9. The van der Waals surface area contributed by atoms with Gasteiger partial charge in [0.2, 0.25) is 0 Å². The lowest BCUT2D eigenvalue weighted by Crippen LogP contribution is -2.16. The van der Waals surface area contributed by atoms with E-state index in [2.05, 4.69) is 5.32 Å². The van der Waals surface area contributed by atoms with Crippen LogP contribution < -0.4 is 11.1 Å². The molecule has 1 aromatic rings. The maximum absolute atomic E-state index is 10.9. The molecular weight excluding hydrogens is 244 g/mol. The Morgan fingerprint density at radius 2 is 2.12 bits per heavy atom. The average molecular weight is 258 g/mol. The first kappa shape index (κ1) is 13.3. The van der Waals surface area contributed by atoms with E-state index in [0.717, 1.165) is 6.26 Å². The van der Waals surface area contributed by atoms with E-state index in [1.807, 2.05) is 0 Å². The number of nitrogens with two attached hydrogens (primary N) is 1. The van der Waals surface area contributed by atoms with Gasteiger partial charge in [0.15, 0.2) is 0 Å². The lowest BCUT2D eigenvalue weighted by molar-refractivity contribution is 0.0698. The smallest absolute Gasteiger partial charge is 0.337 e. The van der Waals surface area contributed by atoms with Crippen molar-refractivity contribution in [2.75, 3.05) is 29.6 Å². The molecule has 0 aliphatic heterocycles. The molecule has 0 radical (unpaired) electrons. The quantitative estimate of drug-likeness (QED) is 0.660. The molecule has 0 aliphatic rings. The number of sulfone groups is 1. The molecule has 0 unspecified atom stereocenters. The number of rotatable bonds is 5. The number of carboxylic acid groups (broad SMARTS) is 1. The first-order valence-electron chi connectivity index (χ1n) is 4.84. The Labute approximate surface area is 99.4 Å². The number of nitrogen functional groups attached to an aromatic ring is 1. The van der Waals surface area contributed by atoms with Gasteiger partial charge in [-0.15, -0.1) is 0 Å². The SMILES string of the molecule is CS(=O)(=O)CCNc1ccc(N)cc1C(=O)O. The molecule has 0 aliphatic carbocycles. The highest BCUT2D eigenvalue weighted by molar-refractivity contribution is 7.90. The molecule has 0 fully saturated rings. The van der Waals surface area contributed by atoms with Crippen molar-refractivity contribution < 1.29 is 18.3 Å². The number of aromatic carboxylic acids is 1. The minimum atomic E-state index is -3.07. The van der Waals surface area contributed by atoms with E-state index < -0.39 is 15.8 Å². The van der Waals surface area contributed by atoms with E-state index in [1.54, 1.807) is 6.07 Å². The zero-order valence-corrected chi connectivity index (χ0v) is 10.1. The zero-order chi connectivity index (χ0) is 13.1. The van der Waals surface area contributed by atoms with Crippen LogP contribution in [0.4, 0.5) is 11.4 Å². The lowest BCUT2D eigenvalue weighted by Gasteiger charge is -2.09. The van der Waals surface area contributed by atoms with Crippen molar-refractivity contribution in [1.29, 1.82) is 0 Å². The van der Waals surface area contributed by atoms with Gasteiger partial charge in [-0.05, 0) is 18.2 Å². The number of hydrogen-bond acceptors (Lipinski definition) is 5. The Morgan fingerprint density at radius 3 is 2.65 bits per heavy atom. The van der Waals surface area contributed by atoms with Crippen molar-refractivity contribution in [3.8, 4) is 0 Å². The molecule has 7 heteroatoms. The maximum atomic E-state index is 10.9. The molecule has 0 atom stereocenters. The summed E-state index contributed by atoms with van der Waals surface area (Å²) in [5, 5.41) is 11.7. The molecular formula is C10H14N2O4S. The summed E-state index contributed by atoms with van der Waals surface area (Å²) in [6, 6.07) is 4.39. The number of carbonyl (C=O) groups is 1. The third-order valence-electron chi connectivity index (χ3n) is 2.06.